The monoisotopic (exact) mass is 258 g/mol. The van der Waals surface area contributed by atoms with E-state index in [4.69, 9.17) is 0 Å². The summed E-state index contributed by atoms with van der Waals surface area (Å²) in [4.78, 5) is 12.4. The molecule has 0 aliphatic carbocycles. The average Bonchev–Trinajstić information content (AvgIpc) is 2.76. The summed E-state index contributed by atoms with van der Waals surface area (Å²) in [5.74, 6) is 1.74. The van der Waals surface area contributed by atoms with Crippen molar-refractivity contribution in [1.82, 2.24) is 10.6 Å². The van der Waals surface area contributed by atoms with Crippen LogP contribution in [0, 0.1) is 11.3 Å². The molecular formula is C13H26N2OS. The molecule has 4 heteroatoms. The van der Waals surface area contributed by atoms with Crippen molar-refractivity contribution in [2.24, 2.45) is 11.3 Å². The van der Waals surface area contributed by atoms with Gasteiger partial charge in [0.15, 0.2) is 0 Å². The predicted octanol–water partition coefficient (Wildman–Crippen LogP) is 1.88. The van der Waals surface area contributed by atoms with Crippen LogP contribution in [-0.2, 0) is 4.79 Å². The first kappa shape index (κ1) is 14.8. The predicted molar refractivity (Wildman–Crippen MR) is 75.4 cm³/mol. The van der Waals surface area contributed by atoms with E-state index < -0.39 is 0 Å². The molecule has 0 radical (unpaired) electrons. The Bertz CT molecular complexity index is 250. The molecular weight excluding hydrogens is 232 g/mol. The fourth-order valence-corrected chi connectivity index (χ4v) is 2.98. The lowest BCUT2D eigenvalue weighted by Gasteiger charge is -2.32. The number of carbonyl (C=O) groups excluding carboxylic acids is 1. The highest BCUT2D eigenvalue weighted by Crippen LogP contribution is 2.34. The van der Waals surface area contributed by atoms with Gasteiger partial charge in [-0.1, -0.05) is 13.8 Å². The first-order chi connectivity index (χ1) is 8.03. The van der Waals surface area contributed by atoms with Crippen LogP contribution in [0.1, 0.15) is 33.6 Å². The summed E-state index contributed by atoms with van der Waals surface area (Å²) in [6.07, 6.45) is 4.12. The second-order valence-corrected chi connectivity index (χ2v) is 6.38. The zero-order valence-electron chi connectivity index (χ0n) is 11.5. The Morgan fingerprint density at radius 2 is 2.18 bits per heavy atom. The molecule has 1 aliphatic rings. The summed E-state index contributed by atoms with van der Waals surface area (Å²) >= 11 is 1.83. The second-order valence-electron chi connectivity index (χ2n) is 5.39. The van der Waals surface area contributed by atoms with Crippen LogP contribution in [-0.4, -0.2) is 37.0 Å². The SMILES string of the molecule is CSCCC(C)NC(=O)C1(C(C)C)CCNC1. The quantitative estimate of drug-likeness (QED) is 0.764. The standard InChI is InChI=1S/C13H26N2OS/c1-10(2)13(6-7-14-9-13)12(16)15-11(3)5-8-17-4/h10-11,14H,5-9H2,1-4H3,(H,15,16). The lowest BCUT2D eigenvalue weighted by atomic mass is 9.75. The van der Waals surface area contributed by atoms with Crippen molar-refractivity contribution in [3.63, 3.8) is 0 Å². The summed E-state index contributed by atoms with van der Waals surface area (Å²) < 4.78 is 0. The highest BCUT2D eigenvalue weighted by molar-refractivity contribution is 7.98. The van der Waals surface area contributed by atoms with Crippen molar-refractivity contribution in [2.45, 2.75) is 39.7 Å². The Kier molecular flexibility index (Phi) is 5.80. The molecule has 0 aromatic carbocycles. The number of hydrogen-bond donors (Lipinski definition) is 2. The van der Waals surface area contributed by atoms with Crippen LogP contribution in [0.3, 0.4) is 0 Å². The first-order valence-corrected chi connectivity index (χ1v) is 7.93. The van der Waals surface area contributed by atoms with Crippen LogP contribution in [0.5, 0.6) is 0 Å². The van der Waals surface area contributed by atoms with E-state index in [9.17, 15) is 4.79 Å². The fourth-order valence-electron chi connectivity index (χ4n) is 2.39. The lowest BCUT2D eigenvalue weighted by Crippen LogP contribution is -2.48. The van der Waals surface area contributed by atoms with Crippen LogP contribution in [0.2, 0.25) is 0 Å². The van der Waals surface area contributed by atoms with Gasteiger partial charge in [-0.2, -0.15) is 11.8 Å². The zero-order chi connectivity index (χ0) is 12.9. The normalized spacial score (nSPS) is 26.2. The van der Waals surface area contributed by atoms with Gasteiger partial charge in [0, 0.05) is 12.6 Å². The van der Waals surface area contributed by atoms with Gasteiger partial charge in [0.1, 0.15) is 0 Å². The Morgan fingerprint density at radius 1 is 1.47 bits per heavy atom. The minimum Gasteiger partial charge on any atom is -0.353 e. The van der Waals surface area contributed by atoms with Crippen molar-refractivity contribution in [1.29, 1.82) is 0 Å². The number of hydrogen-bond acceptors (Lipinski definition) is 3. The molecule has 1 saturated heterocycles. The third-order valence-corrected chi connectivity index (χ3v) is 4.52. The minimum atomic E-state index is -0.187. The van der Waals surface area contributed by atoms with Crippen molar-refractivity contribution >= 4 is 17.7 Å². The van der Waals surface area contributed by atoms with Crippen LogP contribution in [0.25, 0.3) is 0 Å². The van der Waals surface area contributed by atoms with Gasteiger partial charge >= 0.3 is 0 Å². The van der Waals surface area contributed by atoms with Crippen molar-refractivity contribution < 1.29 is 4.79 Å². The minimum absolute atomic E-state index is 0.187. The summed E-state index contributed by atoms with van der Waals surface area (Å²) in [5, 5.41) is 6.51. The molecule has 100 valence electrons. The van der Waals surface area contributed by atoms with E-state index in [-0.39, 0.29) is 17.4 Å². The van der Waals surface area contributed by atoms with E-state index in [1.54, 1.807) is 0 Å². The van der Waals surface area contributed by atoms with Crippen molar-refractivity contribution in [2.75, 3.05) is 25.1 Å². The van der Waals surface area contributed by atoms with E-state index in [0.717, 1.165) is 31.7 Å². The maximum absolute atomic E-state index is 12.4. The number of thioether (sulfide) groups is 1. The molecule has 1 aliphatic heterocycles. The number of carbonyl (C=O) groups is 1. The van der Waals surface area contributed by atoms with Gasteiger partial charge in [-0.25, -0.2) is 0 Å². The lowest BCUT2D eigenvalue weighted by molar-refractivity contribution is -0.133. The van der Waals surface area contributed by atoms with Gasteiger partial charge in [-0.05, 0) is 44.2 Å². The molecule has 1 heterocycles. The van der Waals surface area contributed by atoms with Crippen LogP contribution in [0.15, 0.2) is 0 Å². The largest absolute Gasteiger partial charge is 0.353 e. The topological polar surface area (TPSA) is 41.1 Å². The smallest absolute Gasteiger partial charge is 0.228 e. The van der Waals surface area contributed by atoms with Gasteiger partial charge in [0.2, 0.25) is 5.91 Å². The molecule has 0 aromatic rings. The van der Waals surface area contributed by atoms with Crippen LogP contribution < -0.4 is 10.6 Å². The Balaban J connectivity index is 2.54. The maximum Gasteiger partial charge on any atom is 0.228 e. The Morgan fingerprint density at radius 3 is 2.65 bits per heavy atom. The van der Waals surface area contributed by atoms with Gasteiger partial charge in [-0.15, -0.1) is 0 Å². The summed E-state index contributed by atoms with van der Waals surface area (Å²) in [5.41, 5.74) is -0.187. The molecule has 3 nitrogen and oxygen atoms in total. The third-order valence-electron chi connectivity index (χ3n) is 3.88. The van der Waals surface area contributed by atoms with Crippen LogP contribution in [0.4, 0.5) is 0 Å². The third kappa shape index (κ3) is 3.62. The molecule has 0 aromatic heterocycles. The van der Waals surface area contributed by atoms with E-state index in [1.165, 1.54) is 0 Å². The summed E-state index contributed by atoms with van der Waals surface area (Å²) in [6.45, 7) is 8.19. The second kappa shape index (κ2) is 6.64. The van der Waals surface area contributed by atoms with Gasteiger partial charge in [0.25, 0.3) is 0 Å². The number of nitrogens with one attached hydrogen (secondary N) is 2. The van der Waals surface area contributed by atoms with Gasteiger partial charge < -0.3 is 10.6 Å². The highest BCUT2D eigenvalue weighted by atomic mass is 32.2. The maximum atomic E-state index is 12.4. The highest BCUT2D eigenvalue weighted by Gasteiger charge is 2.43. The Hall–Kier alpha value is -0.220. The molecule has 1 fully saturated rings. The molecule has 0 spiro atoms. The molecule has 0 bridgehead atoms. The van der Waals surface area contributed by atoms with E-state index >= 15 is 0 Å². The van der Waals surface area contributed by atoms with E-state index in [1.807, 2.05) is 11.8 Å². The molecule has 2 atom stereocenters. The molecule has 0 saturated carbocycles. The number of rotatable bonds is 6. The number of amides is 1. The van der Waals surface area contributed by atoms with E-state index in [2.05, 4.69) is 37.7 Å². The molecule has 1 amide bonds. The molecule has 2 unspecified atom stereocenters. The van der Waals surface area contributed by atoms with Gasteiger partial charge in [-0.3, -0.25) is 4.79 Å². The molecule has 17 heavy (non-hydrogen) atoms. The summed E-state index contributed by atoms with van der Waals surface area (Å²) in [6, 6.07) is 0.283. The molecule has 2 N–H and O–H groups in total. The Labute approximate surface area is 109 Å². The van der Waals surface area contributed by atoms with Gasteiger partial charge in [0.05, 0.1) is 5.41 Å². The van der Waals surface area contributed by atoms with Crippen molar-refractivity contribution in [3.8, 4) is 0 Å². The van der Waals surface area contributed by atoms with Crippen molar-refractivity contribution in [3.05, 3.63) is 0 Å². The average molecular weight is 258 g/mol. The summed E-state index contributed by atoms with van der Waals surface area (Å²) in [7, 11) is 0. The fraction of sp³-hybridized carbons (Fsp3) is 0.923. The van der Waals surface area contributed by atoms with E-state index in [0.29, 0.717) is 5.92 Å². The molecule has 1 rings (SSSR count). The zero-order valence-corrected chi connectivity index (χ0v) is 12.3. The first-order valence-electron chi connectivity index (χ1n) is 6.53. The van der Waals surface area contributed by atoms with Crippen LogP contribution >= 0.6 is 11.8 Å².